The van der Waals surface area contributed by atoms with Gasteiger partial charge in [0.25, 0.3) is 0 Å². The molecule has 1 saturated heterocycles. The van der Waals surface area contributed by atoms with Crippen molar-refractivity contribution in [2.75, 3.05) is 6.54 Å². The van der Waals surface area contributed by atoms with Crippen LogP contribution in [0.3, 0.4) is 0 Å². The lowest BCUT2D eigenvalue weighted by molar-refractivity contribution is -0.134. The first-order valence-corrected chi connectivity index (χ1v) is 9.49. The van der Waals surface area contributed by atoms with E-state index in [9.17, 15) is 14.0 Å². The van der Waals surface area contributed by atoms with E-state index in [1.54, 1.807) is 4.90 Å². The second kappa shape index (κ2) is 6.77. The van der Waals surface area contributed by atoms with Gasteiger partial charge in [-0.1, -0.05) is 25.0 Å². The first-order chi connectivity index (χ1) is 12.1. The summed E-state index contributed by atoms with van der Waals surface area (Å²) in [7, 11) is 0. The van der Waals surface area contributed by atoms with Crippen molar-refractivity contribution in [2.45, 2.75) is 64.0 Å². The first kappa shape index (κ1) is 16.6. The molecule has 134 valence electrons. The zero-order chi connectivity index (χ0) is 17.4. The lowest BCUT2D eigenvalue weighted by Gasteiger charge is -2.25. The Morgan fingerprint density at radius 1 is 1.12 bits per heavy atom. The highest BCUT2D eigenvalue weighted by atomic mass is 19.1. The van der Waals surface area contributed by atoms with E-state index in [-0.39, 0.29) is 24.2 Å². The minimum Gasteiger partial charge on any atom is -0.344 e. The summed E-state index contributed by atoms with van der Waals surface area (Å²) in [5, 5.41) is 2.86. The summed E-state index contributed by atoms with van der Waals surface area (Å²) in [6, 6.07) is 3.39. The molecule has 1 heterocycles. The topological polar surface area (TPSA) is 49.4 Å². The van der Waals surface area contributed by atoms with E-state index >= 15 is 0 Å². The normalized spacial score (nSPS) is 23.9. The van der Waals surface area contributed by atoms with Gasteiger partial charge in [0, 0.05) is 25.1 Å². The highest BCUT2D eigenvalue weighted by Crippen LogP contribution is 2.34. The molecule has 3 aliphatic rings. The molecule has 2 amide bonds. The second-order valence-electron chi connectivity index (χ2n) is 7.69. The number of hydrogen-bond donors (Lipinski definition) is 1. The fraction of sp³-hybridized carbons (Fsp3) is 0.600. The number of aryl methyl sites for hydroxylation is 1. The van der Waals surface area contributed by atoms with E-state index in [2.05, 4.69) is 5.32 Å². The molecule has 4 rings (SSSR count). The second-order valence-corrected chi connectivity index (χ2v) is 7.69. The number of benzene rings is 1. The molecule has 1 saturated carbocycles. The van der Waals surface area contributed by atoms with E-state index in [1.165, 1.54) is 0 Å². The highest BCUT2D eigenvalue weighted by molar-refractivity contribution is 5.90. The summed E-state index contributed by atoms with van der Waals surface area (Å²) in [6.07, 6.45) is 7.15. The Morgan fingerprint density at radius 3 is 2.72 bits per heavy atom. The van der Waals surface area contributed by atoms with Gasteiger partial charge in [-0.15, -0.1) is 0 Å². The van der Waals surface area contributed by atoms with Gasteiger partial charge in [0.2, 0.25) is 11.8 Å². The van der Waals surface area contributed by atoms with Gasteiger partial charge in [0.15, 0.2) is 0 Å². The molecule has 2 fully saturated rings. The summed E-state index contributed by atoms with van der Waals surface area (Å²) in [4.78, 5) is 26.4. The van der Waals surface area contributed by atoms with Crippen molar-refractivity contribution < 1.29 is 14.0 Å². The van der Waals surface area contributed by atoms with Crippen molar-refractivity contribution in [3.8, 4) is 0 Å². The van der Waals surface area contributed by atoms with Gasteiger partial charge in [-0.3, -0.25) is 9.59 Å². The molecule has 1 atom stereocenters. The molecular formula is C20H25FN2O2. The van der Waals surface area contributed by atoms with Gasteiger partial charge in [-0.2, -0.15) is 0 Å². The van der Waals surface area contributed by atoms with E-state index in [0.717, 1.165) is 49.7 Å². The lowest BCUT2D eigenvalue weighted by Crippen LogP contribution is -2.44. The van der Waals surface area contributed by atoms with Gasteiger partial charge in [-0.05, 0) is 49.1 Å². The van der Waals surface area contributed by atoms with Crippen LogP contribution in [0.2, 0.25) is 0 Å². The van der Waals surface area contributed by atoms with E-state index in [4.69, 9.17) is 0 Å². The van der Waals surface area contributed by atoms with Gasteiger partial charge >= 0.3 is 0 Å². The van der Waals surface area contributed by atoms with Crippen molar-refractivity contribution in [1.82, 2.24) is 10.2 Å². The van der Waals surface area contributed by atoms with Gasteiger partial charge < -0.3 is 10.2 Å². The van der Waals surface area contributed by atoms with Crippen molar-refractivity contribution >= 4 is 11.8 Å². The Kier molecular flexibility index (Phi) is 4.48. The molecule has 1 aromatic carbocycles. The van der Waals surface area contributed by atoms with Crippen molar-refractivity contribution in [2.24, 2.45) is 5.92 Å². The molecule has 0 spiro atoms. The third-order valence-electron chi connectivity index (χ3n) is 5.72. The van der Waals surface area contributed by atoms with Gasteiger partial charge in [0.05, 0.1) is 0 Å². The fourth-order valence-corrected chi connectivity index (χ4v) is 4.06. The Hall–Kier alpha value is -1.91. The zero-order valence-electron chi connectivity index (χ0n) is 14.5. The van der Waals surface area contributed by atoms with Crippen LogP contribution in [0.15, 0.2) is 12.1 Å². The SMILES string of the molecule is O=C1CCN(Cc2ccc3c(c2F)CCCC3)C(=O)C(CC2CC2)N1. The third kappa shape index (κ3) is 3.55. The first-order valence-electron chi connectivity index (χ1n) is 9.49. The minimum absolute atomic E-state index is 0.0603. The summed E-state index contributed by atoms with van der Waals surface area (Å²) in [5.41, 5.74) is 2.52. The Labute approximate surface area is 147 Å². The van der Waals surface area contributed by atoms with E-state index in [1.807, 2.05) is 12.1 Å². The number of carbonyl (C=O) groups is 2. The number of carbonyl (C=O) groups excluding carboxylic acids is 2. The van der Waals surface area contributed by atoms with Crippen LogP contribution < -0.4 is 5.32 Å². The summed E-state index contributed by atoms with van der Waals surface area (Å²) in [6.45, 7) is 0.621. The van der Waals surface area contributed by atoms with Crippen molar-refractivity contribution in [1.29, 1.82) is 0 Å². The van der Waals surface area contributed by atoms with E-state index in [0.29, 0.717) is 30.9 Å². The van der Waals surface area contributed by atoms with Crippen LogP contribution in [0.4, 0.5) is 4.39 Å². The number of halogens is 1. The smallest absolute Gasteiger partial charge is 0.245 e. The predicted molar refractivity (Wildman–Crippen MR) is 92.3 cm³/mol. The molecule has 1 aliphatic heterocycles. The maximum atomic E-state index is 14.9. The Balaban J connectivity index is 1.54. The molecule has 0 aromatic heterocycles. The van der Waals surface area contributed by atoms with Crippen LogP contribution in [0.25, 0.3) is 0 Å². The van der Waals surface area contributed by atoms with Crippen LogP contribution >= 0.6 is 0 Å². The number of nitrogens with one attached hydrogen (secondary N) is 1. The molecule has 2 aliphatic carbocycles. The number of amides is 2. The molecule has 5 heteroatoms. The molecule has 1 unspecified atom stereocenters. The quantitative estimate of drug-likeness (QED) is 0.913. The standard InChI is InChI=1S/C20H25FN2O2/c21-19-15(8-7-14-3-1-2-4-16(14)19)12-23-10-9-18(24)22-17(20(23)25)11-13-5-6-13/h7-8,13,17H,1-6,9-12H2,(H,22,24). The van der Waals surface area contributed by atoms with Gasteiger partial charge in [0.1, 0.15) is 11.9 Å². The molecular weight excluding hydrogens is 319 g/mol. The summed E-state index contributed by atoms with van der Waals surface area (Å²) >= 11 is 0. The largest absolute Gasteiger partial charge is 0.344 e. The monoisotopic (exact) mass is 344 g/mol. The minimum atomic E-state index is -0.441. The number of rotatable bonds is 4. The Bertz CT molecular complexity index is 699. The molecule has 0 bridgehead atoms. The average molecular weight is 344 g/mol. The lowest BCUT2D eigenvalue weighted by atomic mass is 9.89. The highest BCUT2D eigenvalue weighted by Gasteiger charge is 2.35. The Morgan fingerprint density at radius 2 is 1.92 bits per heavy atom. The van der Waals surface area contributed by atoms with Crippen LogP contribution in [-0.2, 0) is 29.0 Å². The van der Waals surface area contributed by atoms with Crippen LogP contribution in [0.1, 0.15) is 55.2 Å². The molecule has 1 N–H and O–H groups in total. The maximum Gasteiger partial charge on any atom is 0.245 e. The summed E-state index contributed by atoms with van der Waals surface area (Å²) in [5.74, 6) is 0.268. The predicted octanol–water partition coefficient (Wildman–Crippen LogP) is 2.72. The van der Waals surface area contributed by atoms with Crippen LogP contribution in [0, 0.1) is 11.7 Å². The fourth-order valence-electron chi connectivity index (χ4n) is 4.06. The number of nitrogens with zero attached hydrogens (tertiary/aromatic N) is 1. The molecule has 25 heavy (non-hydrogen) atoms. The molecule has 4 nitrogen and oxygen atoms in total. The molecule has 0 radical (unpaired) electrons. The van der Waals surface area contributed by atoms with Crippen LogP contribution in [-0.4, -0.2) is 29.3 Å². The molecule has 1 aromatic rings. The zero-order valence-corrected chi connectivity index (χ0v) is 14.5. The van der Waals surface area contributed by atoms with Crippen LogP contribution in [0.5, 0.6) is 0 Å². The van der Waals surface area contributed by atoms with Crippen molar-refractivity contribution in [3.63, 3.8) is 0 Å². The van der Waals surface area contributed by atoms with Crippen molar-refractivity contribution in [3.05, 3.63) is 34.6 Å². The number of fused-ring (bicyclic) bond motifs is 1. The number of hydrogen-bond acceptors (Lipinski definition) is 2. The summed E-state index contributed by atoms with van der Waals surface area (Å²) < 4.78 is 14.9. The van der Waals surface area contributed by atoms with E-state index < -0.39 is 6.04 Å². The van der Waals surface area contributed by atoms with Gasteiger partial charge in [-0.25, -0.2) is 4.39 Å². The maximum absolute atomic E-state index is 14.9. The third-order valence-corrected chi connectivity index (χ3v) is 5.72. The average Bonchev–Trinajstić information content (AvgIpc) is 3.44.